The molecule has 0 spiro atoms. The van der Waals surface area contributed by atoms with Crippen molar-refractivity contribution < 1.29 is 19.2 Å². The van der Waals surface area contributed by atoms with Crippen molar-refractivity contribution in [2.45, 2.75) is 39.5 Å². The topological polar surface area (TPSA) is 92.3 Å². The molecule has 6 nitrogen and oxygen atoms in total. The summed E-state index contributed by atoms with van der Waals surface area (Å²) in [5.41, 5.74) is 0.634. The van der Waals surface area contributed by atoms with Crippen LogP contribution in [0.1, 0.15) is 39.5 Å². The molecule has 114 valence electrons. The number of amides is 3. The number of nitrogens with one attached hydrogen (secondary N) is 2. The Morgan fingerprint density at radius 3 is 2.33 bits per heavy atom. The summed E-state index contributed by atoms with van der Waals surface area (Å²) < 4.78 is 0. The van der Waals surface area contributed by atoms with Gasteiger partial charge in [0.05, 0.1) is 0 Å². The van der Waals surface area contributed by atoms with Gasteiger partial charge in [-0.3, -0.25) is 24.5 Å². The van der Waals surface area contributed by atoms with E-state index in [9.17, 15) is 19.2 Å². The molecule has 0 aromatic rings. The van der Waals surface area contributed by atoms with Crippen molar-refractivity contribution in [1.29, 1.82) is 0 Å². The molecule has 2 heterocycles. The lowest BCUT2D eigenvalue weighted by Crippen LogP contribution is -2.39. The van der Waals surface area contributed by atoms with Crippen LogP contribution in [-0.2, 0) is 19.2 Å². The lowest BCUT2D eigenvalue weighted by atomic mass is 9.87. The number of allylic oxidation sites excluding steroid dienone is 2. The van der Waals surface area contributed by atoms with E-state index in [1.807, 2.05) is 13.8 Å². The highest BCUT2D eigenvalue weighted by Gasteiger charge is 2.29. The van der Waals surface area contributed by atoms with Gasteiger partial charge in [0.2, 0.25) is 17.7 Å². The minimum atomic E-state index is -0.329. The van der Waals surface area contributed by atoms with Crippen molar-refractivity contribution in [1.82, 2.24) is 10.6 Å². The molecule has 0 aromatic carbocycles. The van der Waals surface area contributed by atoms with Gasteiger partial charge in [0.25, 0.3) is 0 Å². The Bertz CT molecular complexity index is 508. The van der Waals surface area contributed by atoms with Crippen LogP contribution in [0.2, 0.25) is 0 Å². The number of rotatable bonds is 3. The maximum absolute atomic E-state index is 12.1. The van der Waals surface area contributed by atoms with Gasteiger partial charge in [0, 0.05) is 37.0 Å². The molecule has 0 aliphatic carbocycles. The molecule has 2 aliphatic heterocycles. The molecule has 2 fully saturated rings. The van der Waals surface area contributed by atoms with Gasteiger partial charge in [-0.05, 0) is 18.3 Å². The summed E-state index contributed by atoms with van der Waals surface area (Å²) in [5, 5.41) is 4.98. The van der Waals surface area contributed by atoms with Crippen molar-refractivity contribution >= 4 is 23.5 Å². The molecule has 0 saturated carbocycles. The number of hydrogen-bond acceptors (Lipinski definition) is 4. The Morgan fingerprint density at radius 1 is 1.10 bits per heavy atom. The first-order chi connectivity index (χ1) is 9.85. The number of imide groups is 1. The Kier molecular flexibility index (Phi) is 4.55. The zero-order chi connectivity index (χ0) is 15.6. The van der Waals surface area contributed by atoms with Gasteiger partial charge in [-0.1, -0.05) is 13.8 Å². The fourth-order valence-corrected chi connectivity index (χ4v) is 2.85. The van der Waals surface area contributed by atoms with E-state index in [2.05, 4.69) is 10.6 Å². The van der Waals surface area contributed by atoms with Crippen LogP contribution in [0.15, 0.2) is 11.8 Å². The third kappa shape index (κ3) is 4.00. The highest BCUT2D eigenvalue weighted by Crippen LogP contribution is 2.25. The fraction of sp³-hybridized carbons (Fsp3) is 0.600. The summed E-state index contributed by atoms with van der Waals surface area (Å²) in [6, 6.07) is 0. The summed E-state index contributed by atoms with van der Waals surface area (Å²) in [7, 11) is 0. The second kappa shape index (κ2) is 6.20. The zero-order valence-corrected chi connectivity index (χ0v) is 12.3. The van der Waals surface area contributed by atoms with Crippen LogP contribution in [0, 0.1) is 17.8 Å². The smallest absolute Gasteiger partial charge is 0.226 e. The Balaban J connectivity index is 1.97. The van der Waals surface area contributed by atoms with Crippen molar-refractivity contribution in [2.24, 2.45) is 17.8 Å². The van der Waals surface area contributed by atoms with Crippen LogP contribution >= 0.6 is 0 Å². The predicted molar refractivity (Wildman–Crippen MR) is 74.7 cm³/mol. The van der Waals surface area contributed by atoms with Crippen LogP contribution in [0.3, 0.4) is 0 Å². The Morgan fingerprint density at radius 2 is 1.71 bits per heavy atom. The standard InChI is InChI=1S/C15H20N2O4/c1-8-3-9(2)15(21)16-12(8)7-11(18)4-10-5-13(19)17-14(20)6-10/h7-10H,3-6H2,1-2H3,(H,16,21)(H,17,19,20)/t8-,9-/m0/s1. The average molecular weight is 292 g/mol. The molecular formula is C15H20N2O4. The highest BCUT2D eigenvalue weighted by molar-refractivity contribution is 5.99. The molecule has 6 heteroatoms. The summed E-state index contributed by atoms with van der Waals surface area (Å²) in [4.78, 5) is 46.2. The van der Waals surface area contributed by atoms with E-state index in [1.165, 1.54) is 6.08 Å². The number of carbonyl (C=O) groups is 4. The minimum Gasteiger partial charge on any atom is -0.329 e. The van der Waals surface area contributed by atoms with Gasteiger partial charge in [-0.15, -0.1) is 0 Å². The van der Waals surface area contributed by atoms with E-state index in [0.29, 0.717) is 5.70 Å². The van der Waals surface area contributed by atoms with E-state index < -0.39 is 0 Å². The molecule has 2 saturated heterocycles. The van der Waals surface area contributed by atoms with Crippen LogP contribution in [-0.4, -0.2) is 23.5 Å². The van der Waals surface area contributed by atoms with Crippen molar-refractivity contribution in [3.05, 3.63) is 11.8 Å². The number of carbonyl (C=O) groups excluding carboxylic acids is 4. The second-order valence-electron chi connectivity index (χ2n) is 6.04. The van der Waals surface area contributed by atoms with Crippen molar-refractivity contribution in [3.63, 3.8) is 0 Å². The molecular weight excluding hydrogens is 272 g/mol. The first-order valence-corrected chi connectivity index (χ1v) is 7.23. The number of ketones is 1. The molecule has 0 aromatic heterocycles. The summed E-state index contributed by atoms with van der Waals surface area (Å²) in [6.45, 7) is 3.82. The SMILES string of the molecule is C[C@H]1C[C@H](C)C(=CC(=O)CC2CC(=O)NC(=O)C2)NC1=O. The van der Waals surface area contributed by atoms with Crippen LogP contribution in [0.5, 0.6) is 0 Å². The molecule has 3 amide bonds. The van der Waals surface area contributed by atoms with Gasteiger partial charge in [-0.25, -0.2) is 0 Å². The Labute approximate surface area is 123 Å². The fourth-order valence-electron chi connectivity index (χ4n) is 2.85. The average Bonchev–Trinajstić information content (AvgIpc) is 2.34. The first-order valence-electron chi connectivity index (χ1n) is 7.23. The van der Waals surface area contributed by atoms with E-state index in [0.717, 1.165) is 6.42 Å². The molecule has 2 rings (SSSR count). The number of piperidine rings is 2. The maximum Gasteiger partial charge on any atom is 0.226 e. The maximum atomic E-state index is 12.1. The summed E-state index contributed by atoms with van der Waals surface area (Å²) in [5.74, 6) is -1.05. The third-order valence-electron chi connectivity index (χ3n) is 3.99. The quantitative estimate of drug-likeness (QED) is 0.591. The van der Waals surface area contributed by atoms with Gasteiger partial charge < -0.3 is 5.32 Å². The zero-order valence-electron chi connectivity index (χ0n) is 12.3. The van der Waals surface area contributed by atoms with E-state index in [1.54, 1.807) is 0 Å². The highest BCUT2D eigenvalue weighted by atomic mass is 16.2. The van der Waals surface area contributed by atoms with Gasteiger partial charge in [0.1, 0.15) is 0 Å². The minimum absolute atomic E-state index is 0.0492. The van der Waals surface area contributed by atoms with E-state index >= 15 is 0 Å². The monoisotopic (exact) mass is 292 g/mol. The lowest BCUT2D eigenvalue weighted by Gasteiger charge is -2.27. The lowest BCUT2D eigenvalue weighted by molar-refractivity contribution is -0.135. The van der Waals surface area contributed by atoms with Gasteiger partial charge >= 0.3 is 0 Å². The second-order valence-corrected chi connectivity index (χ2v) is 6.04. The summed E-state index contributed by atoms with van der Waals surface area (Å²) >= 11 is 0. The van der Waals surface area contributed by atoms with Crippen LogP contribution in [0.25, 0.3) is 0 Å². The van der Waals surface area contributed by atoms with E-state index in [4.69, 9.17) is 0 Å². The molecule has 0 unspecified atom stereocenters. The predicted octanol–water partition coefficient (Wildman–Crippen LogP) is 0.674. The van der Waals surface area contributed by atoms with Gasteiger partial charge in [-0.2, -0.15) is 0 Å². The number of hydrogen-bond donors (Lipinski definition) is 2. The van der Waals surface area contributed by atoms with Crippen LogP contribution in [0.4, 0.5) is 0 Å². The Hall–Kier alpha value is -1.98. The van der Waals surface area contributed by atoms with E-state index in [-0.39, 0.29) is 60.5 Å². The van der Waals surface area contributed by atoms with Crippen molar-refractivity contribution in [3.8, 4) is 0 Å². The largest absolute Gasteiger partial charge is 0.329 e. The normalized spacial score (nSPS) is 29.2. The molecule has 2 atom stereocenters. The third-order valence-corrected chi connectivity index (χ3v) is 3.99. The molecule has 0 radical (unpaired) electrons. The first kappa shape index (κ1) is 15.4. The molecule has 2 N–H and O–H groups in total. The molecule has 21 heavy (non-hydrogen) atoms. The van der Waals surface area contributed by atoms with Crippen molar-refractivity contribution in [2.75, 3.05) is 0 Å². The summed E-state index contributed by atoms with van der Waals surface area (Å²) in [6.07, 6.45) is 2.71. The van der Waals surface area contributed by atoms with Crippen LogP contribution < -0.4 is 10.6 Å². The molecule has 2 aliphatic rings. The van der Waals surface area contributed by atoms with Gasteiger partial charge in [0.15, 0.2) is 5.78 Å². The molecule has 0 bridgehead atoms.